The Bertz CT molecular complexity index is 1590. The molecule has 3 heterocycles. The van der Waals surface area contributed by atoms with E-state index < -0.39 is 12.1 Å². The summed E-state index contributed by atoms with van der Waals surface area (Å²) in [5.74, 6) is -3.09. The largest absolute Gasteiger partial charge is 0.490 e. The highest BCUT2D eigenvalue weighted by Crippen LogP contribution is 2.39. The van der Waals surface area contributed by atoms with Crippen LogP contribution in [0.2, 0.25) is 5.02 Å². The quantitative estimate of drug-likeness (QED) is 0.139. The van der Waals surface area contributed by atoms with Crippen molar-refractivity contribution in [3.8, 4) is 28.1 Å². The minimum atomic E-state index is -5.08. The molecule has 2 aliphatic rings. The number of pyridine rings is 1. The molecule has 1 saturated carbocycles. The summed E-state index contributed by atoms with van der Waals surface area (Å²) in [6, 6.07) is 15.5. The molecule has 1 aliphatic carbocycles. The van der Waals surface area contributed by atoms with Gasteiger partial charge in [-0.1, -0.05) is 24.4 Å². The van der Waals surface area contributed by atoms with Gasteiger partial charge >= 0.3 is 12.1 Å². The summed E-state index contributed by atoms with van der Waals surface area (Å²) in [5, 5.41) is 16.4. The Morgan fingerprint density at radius 3 is 2.24 bits per heavy atom. The Balaban J connectivity index is 0.000000515. The number of nitrogens with zero attached hydrogens (tertiary/aromatic N) is 4. The molecule has 238 valence electrons. The summed E-state index contributed by atoms with van der Waals surface area (Å²) >= 11 is 8.11. The molecule has 0 radical (unpaired) electrons. The van der Waals surface area contributed by atoms with Gasteiger partial charge in [0.15, 0.2) is 5.82 Å². The fraction of sp³-hybridized carbons (Fsp3) is 0.323. The van der Waals surface area contributed by atoms with Crippen LogP contribution < -0.4 is 14.9 Å². The number of nitrogens with one attached hydrogen (secondary N) is 2. The zero-order valence-electron chi connectivity index (χ0n) is 24.0. The Morgan fingerprint density at radius 1 is 1.00 bits per heavy atom. The van der Waals surface area contributed by atoms with Gasteiger partial charge < -0.3 is 20.0 Å². The second-order valence-electron chi connectivity index (χ2n) is 10.6. The molecule has 6 rings (SSSR count). The Hall–Kier alpha value is -3.81. The number of halogens is 5. The number of hydrogen-bond donors (Lipinski definition) is 3. The van der Waals surface area contributed by atoms with Gasteiger partial charge in [0.1, 0.15) is 5.69 Å². The van der Waals surface area contributed by atoms with Crippen molar-refractivity contribution in [2.75, 3.05) is 35.8 Å². The molecule has 4 aromatic rings. The molecule has 0 atom stereocenters. The molecule has 3 N–H and O–H groups in total. The fourth-order valence-corrected chi connectivity index (χ4v) is 6.41. The molecule has 1 saturated heterocycles. The Morgan fingerprint density at radius 2 is 1.62 bits per heavy atom. The lowest BCUT2D eigenvalue weighted by Crippen LogP contribution is -2.43. The van der Waals surface area contributed by atoms with Crippen LogP contribution in [-0.4, -0.2) is 63.4 Å². The molecular weight excluding hydrogens is 632 g/mol. The molecule has 2 aromatic carbocycles. The van der Waals surface area contributed by atoms with E-state index in [0.29, 0.717) is 32.8 Å². The first-order valence-corrected chi connectivity index (χ1v) is 15.6. The van der Waals surface area contributed by atoms with E-state index in [1.54, 1.807) is 36.5 Å². The minimum absolute atomic E-state index is 0.330. The van der Waals surface area contributed by atoms with Crippen LogP contribution in [0.3, 0.4) is 0 Å². The zero-order valence-corrected chi connectivity index (χ0v) is 25.6. The molecule has 2 aromatic heterocycles. The van der Waals surface area contributed by atoms with Gasteiger partial charge in [0.2, 0.25) is 0 Å². The van der Waals surface area contributed by atoms with E-state index in [9.17, 15) is 13.2 Å². The second-order valence-corrected chi connectivity index (χ2v) is 12.1. The van der Waals surface area contributed by atoms with Crippen LogP contribution in [0.1, 0.15) is 25.7 Å². The maximum atomic E-state index is 16.0. The molecule has 14 heteroatoms. The smallest absolute Gasteiger partial charge is 0.475 e. The lowest BCUT2D eigenvalue weighted by Gasteiger charge is -2.29. The summed E-state index contributed by atoms with van der Waals surface area (Å²) in [5.41, 5.74) is 5.13. The van der Waals surface area contributed by atoms with Gasteiger partial charge in [-0.2, -0.15) is 18.3 Å². The van der Waals surface area contributed by atoms with Crippen molar-refractivity contribution in [2.24, 2.45) is 0 Å². The van der Waals surface area contributed by atoms with Crippen LogP contribution >= 0.6 is 23.5 Å². The zero-order chi connectivity index (χ0) is 32.0. The first kappa shape index (κ1) is 32.6. The van der Waals surface area contributed by atoms with Gasteiger partial charge in [-0.3, -0.25) is 4.98 Å². The predicted octanol–water partition coefficient (Wildman–Crippen LogP) is 7.44. The maximum absolute atomic E-state index is 16.0. The van der Waals surface area contributed by atoms with Crippen molar-refractivity contribution >= 4 is 40.9 Å². The lowest BCUT2D eigenvalue weighted by atomic mass is 10.0. The molecule has 0 bridgehead atoms. The van der Waals surface area contributed by atoms with Crippen LogP contribution in [0.5, 0.6) is 0 Å². The van der Waals surface area contributed by atoms with Crippen LogP contribution in [0, 0.1) is 5.82 Å². The van der Waals surface area contributed by atoms with Gasteiger partial charge in [0.25, 0.3) is 0 Å². The summed E-state index contributed by atoms with van der Waals surface area (Å²) < 4.78 is 52.8. The third kappa shape index (κ3) is 8.27. The number of anilines is 2. The molecule has 8 nitrogen and oxygen atoms in total. The van der Waals surface area contributed by atoms with Crippen molar-refractivity contribution in [2.45, 2.75) is 37.1 Å². The summed E-state index contributed by atoms with van der Waals surface area (Å²) in [6.07, 6.45) is 5.01. The molecular formula is C31H31ClF4N6O2S. The number of alkyl halides is 3. The number of carboxylic acids is 1. The normalized spacial score (nSPS) is 15.4. The molecule has 0 spiro atoms. The Labute approximate surface area is 266 Å². The summed E-state index contributed by atoms with van der Waals surface area (Å²) in [4.78, 5) is 15.4. The standard InChI is InChI=1S/C29H30ClFN6S.C2HF3O2/c30-21-17-25(28(31)27(18-21)35-38-24-3-1-2-4-24)26-19-37(34-29(26)20-9-11-32-12-10-20)23-7-5-22(6-8-23)36-15-13-33-14-16-36;3-2(4,5)1(6)7/h5-12,17-19,24,33,35H,1-4,13-16H2;(H,6,7). The van der Waals surface area contributed by atoms with E-state index >= 15 is 4.39 Å². The molecule has 1 aliphatic heterocycles. The number of benzene rings is 2. The topological polar surface area (TPSA) is 95.3 Å². The molecule has 0 unspecified atom stereocenters. The minimum Gasteiger partial charge on any atom is -0.475 e. The van der Waals surface area contributed by atoms with Gasteiger partial charge in [-0.05, 0) is 73.3 Å². The molecule has 45 heavy (non-hydrogen) atoms. The van der Waals surface area contributed by atoms with E-state index in [1.165, 1.54) is 18.5 Å². The summed E-state index contributed by atoms with van der Waals surface area (Å²) in [7, 11) is 0. The van der Waals surface area contributed by atoms with Crippen LogP contribution in [-0.2, 0) is 4.79 Å². The second kappa shape index (κ2) is 14.5. The highest BCUT2D eigenvalue weighted by molar-refractivity contribution is 8.01. The van der Waals surface area contributed by atoms with Crippen LogP contribution in [0.25, 0.3) is 28.1 Å². The monoisotopic (exact) mass is 662 g/mol. The first-order chi connectivity index (χ1) is 21.6. The van der Waals surface area contributed by atoms with Crippen molar-refractivity contribution in [1.82, 2.24) is 20.1 Å². The highest BCUT2D eigenvalue weighted by Gasteiger charge is 2.38. The number of carbonyl (C=O) groups is 1. The molecule has 0 amide bonds. The third-order valence-electron chi connectivity index (χ3n) is 7.47. The average Bonchev–Trinajstić information content (AvgIpc) is 3.73. The van der Waals surface area contributed by atoms with Crippen molar-refractivity contribution < 1.29 is 27.5 Å². The number of carboxylic acid groups (broad SMARTS) is 1. The Kier molecular flexibility index (Phi) is 10.5. The fourth-order valence-electron chi connectivity index (χ4n) is 5.18. The maximum Gasteiger partial charge on any atom is 0.490 e. The number of rotatable bonds is 7. The molecule has 2 fully saturated rings. The average molecular weight is 663 g/mol. The lowest BCUT2D eigenvalue weighted by molar-refractivity contribution is -0.192. The van der Waals surface area contributed by atoms with Crippen molar-refractivity contribution in [3.05, 3.63) is 78.0 Å². The van der Waals surface area contributed by atoms with Gasteiger partial charge in [-0.25, -0.2) is 13.9 Å². The number of hydrogen-bond acceptors (Lipinski definition) is 7. The van der Waals surface area contributed by atoms with Gasteiger partial charge in [0.05, 0.1) is 11.4 Å². The number of aromatic nitrogens is 3. The third-order valence-corrected chi connectivity index (χ3v) is 8.83. The predicted molar refractivity (Wildman–Crippen MR) is 169 cm³/mol. The van der Waals surface area contributed by atoms with Crippen molar-refractivity contribution in [3.63, 3.8) is 0 Å². The van der Waals surface area contributed by atoms with Crippen LogP contribution in [0.15, 0.2) is 67.1 Å². The van der Waals surface area contributed by atoms with E-state index in [-0.39, 0.29) is 5.82 Å². The van der Waals surface area contributed by atoms with Gasteiger partial charge in [0, 0.05) is 77.4 Å². The SMILES string of the molecule is Fc1c(NSC2CCCC2)cc(Cl)cc1-c1cn(-c2ccc(N3CCNCC3)cc2)nc1-c1ccncc1.O=C(O)C(F)(F)F. The highest BCUT2D eigenvalue weighted by atomic mass is 35.5. The number of aliphatic carboxylic acids is 1. The van der Waals surface area contributed by atoms with E-state index in [2.05, 4.69) is 44.2 Å². The number of piperazine rings is 1. The summed E-state index contributed by atoms with van der Waals surface area (Å²) in [6.45, 7) is 3.95. The van der Waals surface area contributed by atoms with Gasteiger partial charge in [-0.15, -0.1) is 0 Å². The first-order valence-electron chi connectivity index (χ1n) is 14.4. The van der Waals surface area contributed by atoms with E-state index in [0.717, 1.165) is 50.3 Å². The van der Waals surface area contributed by atoms with E-state index in [1.807, 2.05) is 23.0 Å². The van der Waals surface area contributed by atoms with Crippen molar-refractivity contribution in [1.29, 1.82) is 0 Å². The van der Waals surface area contributed by atoms with E-state index in [4.69, 9.17) is 26.6 Å². The van der Waals surface area contributed by atoms with Crippen LogP contribution in [0.4, 0.5) is 28.9 Å².